The summed E-state index contributed by atoms with van der Waals surface area (Å²) in [6.07, 6.45) is 2.92. The first-order chi connectivity index (χ1) is 10.6. The number of aromatic nitrogens is 2. The Morgan fingerprint density at radius 3 is 2.86 bits per heavy atom. The molecule has 2 aromatic rings. The highest BCUT2D eigenvalue weighted by Crippen LogP contribution is 2.24. The second kappa shape index (κ2) is 6.58. The van der Waals surface area contributed by atoms with E-state index >= 15 is 0 Å². The fraction of sp³-hybridized carbons (Fsp3) is 0.471. The largest absolute Gasteiger partial charge is 0.309 e. The molecule has 3 rings (SSSR count). The lowest BCUT2D eigenvalue weighted by atomic mass is 10.1. The second-order valence-corrected chi connectivity index (χ2v) is 6.27. The van der Waals surface area contributed by atoms with Gasteiger partial charge in [0.1, 0.15) is 5.82 Å². The molecule has 0 bridgehead atoms. The summed E-state index contributed by atoms with van der Waals surface area (Å²) >= 11 is 0. The topological polar surface area (TPSA) is 24.3 Å². The molecular formula is C17H23FN4. The molecule has 0 saturated heterocycles. The molecule has 0 amide bonds. The Kier molecular flexibility index (Phi) is 4.55. The van der Waals surface area contributed by atoms with Gasteiger partial charge in [-0.1, -0.05) is 18.2 Å². The SMILES string of the molecule is CN(C)CCC1CN(Cc2ccccc2F)Cc2ccnn21. The maximum Gasteiger partial charge on any atom is 0.127 e. The minimum absolute atomic E-state index is 0.119. The molecule has 1 aromatic heterocycles. The number of benzene rings is 1. The molecule has 22 heavy (non-hydrogen) atoms. The standard InChI is InChI=1S/C17H23FN4/c1-20(2)10-8-16-13-21(12-15-7-9-19-22(15)16)11-14-5-3-4-6-17(14)18/h3-7,9,16H,8,10-13H2,1-2H3. The van der Waals surface area contributed by atoms with Crippen LogP contribution in [0.3, 0.4) is 0 Å². The van der Waals surface area contributed by atoms with E-state index in [1.807, 2.05) is 18.3 Å². The molecule has 2 heterocycles. The van der Waals surface area contributed by atoms with Crippen molar-refractivity contribution in [1.82, 2.24) is 19.6 Å². The molecule has 1 aromatic carbocycles. The van der Waals surface area contributed by atoms with E-state index in [1.165, 1.54) is 11.8 Å². The van der Waals surface area contributed by atoms with Crippen LogP contribution in [0.5, 0.6) is 0 Å². The molecule has 118 valence electrons. The number of rotatable bonds is 5. The van der Waals surface area contributed by atoms with Crippen LogP contribution >= 0.6 is 0 Å². The third-order valence-electron chi connectivity index (χ3n) is 4.21. The summed E-state index contributed by atoms with van der Waals surface area (Å²) in [5, 5.41) is 4.47. The van der Waals surface area contributed by atoms with E-state index in [2.05, 4.69) is 39.7 Å². The Morgan fingerprint density at radius 1 is 1.27 bits per heavy atom. The normalized spacial score (nSPS) is 18.6. The van der Waals surface area contributed by atoms with Crippen molar-refractivity contribution in [3.8, 4) is 0 Å². The van der Waals surface area contributed by atoms with Crippen molar-refractivity contribution in [3.63, 3.8) is 0 Å². The van der Waals surface area contributed by atoms with Gasteiger partial charge in [-0.3, -0.25) is 9.58 Å². The lowest BCUT2D eigenvalue weighted by Crippen LogP contribution is -2.38. The Labute approximate surface area is 131 Å². The average Bonchev–Trinajstić information content (AvgIpc) is 2.95. The Morgan fingerprint density at radius 2 is 2.09 bits per heavy atom. The van der Waals surface area contributed by atoms with Gasteiger partial charge in [0.25, 0.3) is 0 Å². The van der Waals surface area contributed by atoms with Crippen LogP contribution in [-0.2, 0) is 13.1 Å². The summed E-state index contributed by atoms with van der Waals surface area (Å²) < 4.78 is 16.0. The molecule has 0 spiro atoms. The smallest absolute Gasteiger partial charge is 0.127 e. The van der Waals surface area contributed by atoms with Crippen LogP contribution in [-0.4, -0.2) is 46.8 Å². The first kappa shape index (κ1) is 15.2. The minimum Gasteiger partial charge on any atom is -0.309 e. The van der Waals surface area contributed by atoms with Crippen LogP contribution in [0, 0.1) is 5.82 Å². The first-order valence-corrected chi connectivity index (χ1v) is 7.76. The Bertz CT molecular complexity index is 623. The van der Waals surface area contributed by atoms with Gasteiger partial charge in [0.05, 0.1) is 11.7 Å². The van der Waals surface area contributed by atoms with Gasteiger partial charge in [0.15, 0.2) is 0 Å². The maximum atomic E-state index is 13.9. The van der Waals surface area contributed by atoms with Crippen molar-refractivity contribution in [3.05, 3.63) is 53.6 Å². The van der Waals surface area contributed by atoms with Crippen molar-refractivity contribution < 1.29 is 4.39 Å². The average molecular weight is 302 g/mol. The van der Waals surface area contributed by atoms with Crippen LogP contribution in [0.15, 0.2) is 36.5 Å². The monoisotopic (exact) mass is 302 g/mol. The van der Waals surface area contributed by atoms with Gasteiger partial charge in [-0.25, -0.2) is 4.39 Å². The lowest BCUT2D eigenvalue weighted by Gasteiger charge is -2.34. The fourth-order valence-electron chi connectivity index (χ4n) is 3.07. The van der Waals surface area contributed by atoms with Gasteiger partial charge in [0.2, 0.25) is 0 Å². The molecule has 4 nitrogen and oxygen atoms in total. The van der Waals surface area contributed by atoms with Gasteiger partial charge in [-0.05, 0) is 39.2 Å². The number of hydrogen-bond acceptors (Lipinski definition) is 3. The number of fused-ring (bicyclic) bond motifs is 1. The highest BCUT2D eigenvalue weighted by molar-refractivity contribution is 5.17. The highest BCUT2D eigenvalue weighted by atomic mass is 19.1. The molecule has 1 unspecified atom stereocenters. The van der Waals surface area contributed by atoms with Crippen LogP contribution in [0.1, 0.15) is 23.7 Å². The fourth-order valence-corrected chi connectivity index (χ4v) is 3.07. The molecule has 0 saturated carbocycles. The predicted octanol–water partition coefficient (Wildman–Crippen LogP) is 2.53. The number of nitrogens with zero attached hydrogens (tertiary/aromatic N) is 4. The molecule has 1 atom stereocenters. The van der Waals surface area contributed by atoms with Crippen LogP contribution < -0.4 is 0 Å². The van der Waals surface area contributed by atoms with Crippen molar-refractivity contribution in [2.45, 2.75) is 25.6 Å². The zero-order valence-electron chi connectivity index (χ0n) is 13.2. The quantitative estimate of drug-likeness (QED) is 0.848. The van der Waals surface area contributed by atoms with E-state index in [0.29, 0.717) is 12.6 Å². The zero-order valence-corrected chi connectivity index (χ0v) is 13.2. The molecule has 1 aliphatic heterocycles. The summed E-state index contributed by atoms with van der Waals surface area (Å²) in [5.74, 6) is -0.119. The van der Waals surface area contributed by atoms with Gasteiger partial charge < -0.3 is 4.90 Å². The summed E-state index contributed by atoms with van der Waals surface area (Å²) in [4.78, 5) is 4.51. The summed E-state index contributed by atoms with van der Waals surface area (Å²) in [6, 6.07) is 9.47. The van der Waals surface area contributed by atoms with Crippen LogP contribution in [0.2, 0.25) is 0 Å². The Balaban J connectivity index is 1.74. The van der Waals surface area contributed by atoms with E-state index in [1.54, 1.807) is 6.07 Å². The van der Waals surface area contributed by atoms with E-state index in [4.69, 9.17) is 0 Å². The Hall–Kier alpha value is -1.72. The molecule has 0 fully saturated rings. The zero-order chi connectivity index (χ0) is 15.5. The van der Waals surface area contributed by atoms with Gasteiger partial charge in [-0.15, -0.1) is 0 Å². The molecule has 0 N–H and O–H groups in total. The predicted molar refractivity (Wildman–Crippen MR) is 84.9 cm³/mol. The third kappa shape index (κ3) is 3.36. The van der Waals surface area contributed by atoms with Gasteiger partial charge in [-0.2, -0.15) is 5.10 Å². The van der Waals surface area contributed by atoms with E-state index in [-0.39, 0.29) is 5.82 Å². The third-order valence-corrected chi connectivity index (χ3v) is 4.21. The maximum absolute atomic E-state index is 13.9. The summed E-state index contributed by atoms with van der Waals surface area (Å²) in [7, 11) is 4.17. The molecular weight excluding hydrogens is 279 g/mol. The van der Waals surface area contributed by atoms with Crippen molar-refractivity contribution >= 4 is 0 Å². The lowest BCUT2D eigenvalue weighted by molar-refractivity contribution is 0.153. The van der Waals surface area contributed by atoms with Gasteiger partial charge in [0, 0.05) is 31.4 Å². The summed E-state index contributed by atoms with van der Waals surface area (Å²) in [6.45, 7) is 3.41. The van der Waals surface area contributed by atoms with E-state index in [0.717, 1.165) is 31.6 Å². The second-order valence-electron chi connectivity index (χ2n) is 6.27. The van der Waals surface area contributed by atoms with E-state index in [9.17, 15) is 4.39 Å². The molecule has 1 aliphatic rings. The highest BCUT2D eigenvalue weighted by Gasteiger charge is 2.25. The van der Waals surface area contributed by atoms with Crippen molar-refractivity contribution in [2.24, 2.45) is 0 Å². The summed E-state index contributed by atoms with van der Waals surface area (Å²) in [5.41, 5.74) is 1.98. The molecule has 5 heteroatoms. The number of halogens is 1. The number of hydrogen-bond donors (Lipinski definition) is 0. The van der Waals surface area contributed by atoms with Crippen LogP contribution in [0.25, 0.3) is 0 Å². The van der Waals surface area contributed by atoms with Crippen molar-refractivity contribution in [1.29, 1.82) is 0 Å². The molecule has 0 radical (unpaired) electrons. The van der Waals surface area contributed by atoms with Crippen LogP contribution in [0.4, 0.5) is 4.39 Å². The van der Waals surface area contributed by atoms with Gasteiger partial charge >= 0.3 is 0 Å². The molecule has 0 aliphatic carbocycles. The van der Waals surface area contributed by atoms with Crippen molar-refractivity contribution in [2.75, 3.05) is 27.2 Å². The minimum atomic E-state index is -0.119. The van der Waals surface area contributed by atoms with E-state index < -0.39 is 0 Å². The first-order valence-electron chi connectivity index (χ1n) is 7.76.